The standard InChI is InChI=1S/C9H11N3O2.C3H8/c1-2-7-10-4-3-8(11-7)12-5-6-14-9(12)13;1-3-2/h3-4H,2,5-6H2,1H3;3H2,1-2H3. The Balaban J connectivity index is 0.000000437. The van der Waals surface area contributed by atoms with Crippen LogP contribution in [0.2, 0.25) is 0 Å². The summed E-state index contributed by atoms with van der Waals surface area (Å²) in [5.74, 6) is 1.36. The van der Waals surface area contributed by atoms with Gasteiger partial charge in [-0.2, -0.15) is 0 Å². The van der Waals surface area contributed by atoms with Crippen molar-refractivity contribution in [3.05, 3.63) is 18.1 Å². The lowest BCUT2D eigenvalue weighted by atomic mass is 10.4. The normalized spacial score (nSPS) is 14.1. The Kier molecular flexibility index (Phi) is 5.39. The largest absolute Gasteiger partial charge is 0.447 e. The van der Waals surface area contributed by atoms with Gasteiger partial charge in [-0.1, -0.05) is 27.2 Å². The number of aromatic nitrogens is 2. The fourth-order valence-electron chi connectivity index (χ4n) is 1.31. The Morgan fingerprint density at radius 3 is 2.65 bits per heavy atom. The van der Waals surface area contributed by atoms with E-state index in [1.54, 1.807) is 12.3 Å². The SMILES string of the molecule is CCC.CCc1nccc(N2CCOC2=O)n1. The van der Waals surface area contributed by atoms with Gasteiger partial charge in [0.05, 0.1) is 6.54 Å². The van der Waals surface area contributed by atoms with E-state index >= 15 is 0 Å². The molecular formula is C12H19N3O2. The topological polar surface area (TPSA) is 55.3 Å². The molecule has 0 aliphatic carbocycles. The number of hydrogen-bond donors (Lipinski definition) is 0. The van der Waals surface area contributed by atoms with E-state index in [2.05, 4.69) is 23.8 Å². The summed E-state index contributed by atoms with van der Waals surface area (Å²) in [5, 5.41) is 0. The van der Waals surface area contributed by atoms with E-state index in [0.29, 0.717) is 19.0 Å². The van der Waals surface area contributed by atoms with Crippen molar-refractivity contribution in [3.8, 4) is 0 Å². The molecule has 0 aromatic carbocycles. The maximum atomic E-state index is 11.2. The van der Waals surface area contributed by atoms with Crippen molar-refractivity contribution in [1.29, 1.82) is 0 Å². The highest BCUT2D eigenvalue weighted by molar-refractivity contribution is 5.87. The Labute approximate surface area is 102 Å². The van der Waals surface area contributed by atoms with Crippen LogP contribution in [0.25, 0.3) is 0 Å². The second-order valence-electron chi connectivity index (χ2n) is 3.66. The first-order chi connectivity index (χ1) is 8.22. The molecule has 5 heteroatoms. The van der Waals surface area contributed by atoms with Gasteiger partial charge >= 0.3 is 6.09 Å². The zero-order valence-electron chi connectivity index (χ0n) is 10.6. The molecule has 0 spiro atoms. The first-order valence-electron chi connectivity index (χ1n) is 5.99. The van der Waals surface area contributed by atoms with Gasteiger partial charge in [-0.15, -0.1) is 0 Å². The third-order valence-corrected chi connectivity index (χ3v) is 2.04. The summed E-state index contributed by atoms with van der Waals surface area (Å²) < 4.78 is 4.82. The molecule has 1 saturated heterocycles. The molecule has 1 fully saturated rings. The minimum Gasteiger partial charge on any atom is -0.447 e. The van der Waals surface area contributed by atoms with Crippen molar-refractivity contribution in [1.82, 2.24) is 9.97 Å². The maximum Gasteiger partial charge on any atom is 0.415 e. The van der Waals surface area contributed by atoms with Crippen LogP contribution < -0.4 is 4.90 Å². The monoisotopic (exact) mass is 237 g/mol. The van der Waals surface area contributed by atoms with Crippen LogP contribution in [0.4, 0.5) is 10.6 Å². The highest BCUT2D eigenvalue weighted by Gasteiger charge is 2.24. The van der Waals surface area contributed by atoms with Crippen molar-refractivity contribution in [2.45, 2.75) is 33.6 Å². The molecule has 5 nitrogen and oxygen atoms in total. The van der Waals surface area contributed by atoms with E-state index in [1.165, 1.54) is 11.3 Å². The molecule has 94 valence electrons. The summed E-state index contributed by atoms with van der Waals surface area (Å²) in [4.78, 5) is 21.0. The Morgan fingerprint density at radius 2 is 2.12 bits per heavy atom. The van der Waals surface area contributed by atoms with Crippen LogP contribution in [0.3, 0.4) is 0 Å². The number of carbonyl (C=O) groups excluding carboxylic acids is 1. The van der Waals surface area contributed by atoms with Gasteiger partial charge in [0, 0.05) is 12.6 Å². The summed E-state index contributed by atoms with van der Waals surface area (Å²) in [6.45, 7) is 7.23. The third kappa shape index (κ3) is 3.69. The Bertz CT molecular complexity index is 369. The molecule has 2 rings (SSSR count). The van der Waals surface area contributed by atoms with Gasteiger partial charge in [0.25, 0.3) is 0 Å². The van der Waals surface area contributed by atoms with Crippen LogP contribution in [0.15, 0.2) is 12.3 Å². The lowest BCUT2D eigenvalue weighted by Crippen LogP contribution is -2.24. The average Bonchev–Trinajstić information content (AvgIpc) is 2.77. The van der Waals surface area contributed by atoms with Crippen molar-refractivity contribution < 1.29 is 9.53 Å². The lowest BCUT2D eigenvalue weighted by molar-refractivity contribution is 0.181. The lowest BCUT2D eigenvalue weighted by Gasteiger charge is -2.11. The van der Waals surface area contributed by atoms with Gasteiger partial charge < -0.3 is 4.74 Å². The second-order valence-corrected chi connectivity index (χ2v) is 3.66. The summed E-state index contributed by atoms with van der Waals surface area (Å²) in [5.41, 5.74) is 0. The number of nitrogens with zero attached hydrogens (tertiary/aromatic N) is 3. The molecule has 0 atom stereocenters. The van der Waals surface area contributed by atoms with Gasteiger partial charge in [-0.25, -0.2) is 14.8 Å². The number of hydrogen-bond acceptors (Lipinski definition) is 4. The zero-order valence-corrected chi connectivity index (χ0v) is 10.6. The molecule has 0 radical (unpaired) electrons. The molecule has 0 saturated carbocycles. The fraction of sp³-hybridized carbons (Fsp3) is 0.583. The predicted molar refractivity (Wildman–Crippen MR) is 66.1 cm³/mol. The van der Waals surface area contributed by atoms with E-state index in [9.17, 15) is 4.79 Å². The molecule has 2 heterocycles. The van der Waals surface area contributed by atoms with Crippen molar-refractivity contribution in [2.24, 2.45) is 0 Å². The molecule has 1 aliphatic heterocycles. The zero-order chi connectivity index (χ0) is 12.7. The molecular weight excluding hydrogens is 218 g/mol. The smallest absolute Gasteiger partial charge is 0.415 e. The van der Waals surface area contributed by atoms with Gasteiger partial charge in [0.1, 0.15) is 18.2 Å². The minimum absolute atomic E-state index is 0.328. The first kappa shape index (κ1) is 13.4. The minimum atomic E-state index is -0.328. The van der Waals surface area contributed by atoms with E-state index in [1.807, 2.05) is 6.92 Å². The molecule has 0 unspecified atom stereocenters. The number of aryl methyl sites for hydroxylation is 1. The van der Waals surface area contributed by atoms with E-state index < -0.39 is 0 Å². The van der Waals surface area contributed by atoms with E-state index in [0.717, 1.165) is 12.2 Å². The van der Waals surface area contributed by atoms with Crippen molar-refractivity contribution >= 4 is 11.9 Å². The average molecular weight is 237 g/mol. The first-order valence-corrected chi connectivity index (χ1v) is 5.99. The molecule has 1 aliphatic rings. The van der Waals surface area contributed by atoms with Gasteiger partial charge in [0.15, 0.2) is 0 Å². The molecule has 0 N–H and O–H groups in total. The fourth-order valence-corrected chi connectivity index (χ4v) is 1.31. The third-order valence-electron chi connectivity index (χ3n) is 2.04. The highest BCUT2D eigenvalue weighted by atomic mass is 16.6. The predicted octanol–water partition coefficient (Wildman–Crippen LogP) is 2.41. The number of amides is 1. The molecule has 1 aromatic rings. The number of rotatable bonds is 2. The summed E-state index contributed by atoms with van der Waals surface area (Å²) >= 11 is 0. The molecule has 1 amide bonds. The number of carbonyl (C=O) groups is 1. The van der Waals surface area contributed by atoms with Crippen LogP contribution in [-0.4, -0.2) is 29.2 Å². The summed E-state index contributed by atoms with van der Waals surface area (Å²) in [7, 11) is 0. The van der Waals surface area contributed by atoms with Crippen molar-refractivity contribution in [2.75, 3.05) is 18.1 Å². The summed E-state index contributed by atoms with van der Waals surface area (Å²) in [6.07, 6.45) is 3.34. The molecule has 1 aromatic heterocycles. The van der Waals surface area contributed by atoms with Crippen LogP contribution in [0, 0.1) is 0 Å². The van der Waals surface area contributed by atoms with Gasteiger partial charge in [-0.3, -0.25) is 4.90 Å². The number of anilines is 1. The highest BCUT2D eigenvalue weighted by Crippen LogP contribution is 2.14. The van der Waals surface area contributed by atoms with Crippen LogP contribution in [0.5, 0.6) is 0 Å². The Morgan fingerprint density at radius 1 is 1.41 bits per heavy atom. The quantitative estimate of drug-likeness (QED) is 0.792. The Hall–Kier alpha value is -1.65. The molecule has 17 heavy (non-hydrogen) atoms. The second kappa shape index (κ2) is 6.83. The van der Waals surface area contributed by atoms with E-state index in [4.69, 9.17) is 4.74 Å². The van der Waals surface area contributed by atoms with Crippen molar-refractivity contribution in [3.63, 3.8) is 0 Å². The summed E-state index contributed by atoms with van der Waals surface area (Å²) in [6, 6.07) is 1.71. The number of ether oxygens (including phenoxy) is 1. The number of cyclic esters (lactones) is 1. The molecule has 0 bridgehead atoms. The van der Waals surface area contributed by atoms with Gasteiger partial charge in [0.2, 0.25) is 0 Å². The van der Waals surface area contributed by atoms with Crippen LogP contribution >= 0.6 is 0 Å². The van der Waals surface area contributed by atoms with Gasteiger partial charge in [-0.05, 0) is 6.07 Å². The van der Waals surface area contributed by atoms with E-state index in [-0.39, 0.29) is 6.09 Å². The van der Waals surface area contributed by atoms with Crippen LogP contribution in [0.1, 0.15) is 33.0 Å². The maximum absolute atomic E-state index is 11.2. The van der Waals surface area contributed by atoms with Crippen LogP contribution in [-0.2, 0) is 11.2 Å².